The summed E-state index contributed by atoms with van der Waals surface area (Å²) in [6, 6.07) is 18.0. The van der Waals surface area contributed by atoms with E-state index in [1.54, 1.807) is 11.3 Å². The van der Waals surface area contributed by atoms with E-state index in [-0.39, 0.29) is 0 Å². The van der Waals surface area contributed by atoms with Crippen LogP contribution >= 0.6 is 45.3 Å². The number of aromatic nitrogens is 1. The predicted octanol–water partition coefficient (Wildman–Crippen LogP) is 6.54. The summed E-state index contributed by atoms with van der Waals surface area (Å²) in [5.41, 5.74) is 4.12. The second-order valence-electron chi connectivity index (χ2n) is 6.70. The van der Waals surface area contributed by atoms with Crippen molar-refractivity contribution >= 4 is 55.4 Å². The number of alkyl halides is 1. The molecule has 0 fully saturated rings. The van der Waals surface area contributed by atoms with Crippen LogP contribution in [0.15, 0.2) is 60.1 Å². The van der Waals surface area contributed by atoms with E-state index in [1.165, 1.54) is 31.7 Å². The smallest absolute Gasteiger partial charge is 0.123 e. The van der Waals surface area contributed by atoms with Gasteiger partial charge in [0, 0.05) is 39.2 Å². The van der Waals surface area contributed by atoms with Gasteiger partial charge in [-0.2, -0.15) is 0 Å². The highest BCUT2D eigenvalue weighted by Crippen LogP contribution is 2.45. The fourth-order valence-corrected chi connectivity index (χ4v) is 6.31. The first kappa shape index (κ1) is 16.9. The molecule has 0 saturated carbocycles. The van der Waals surface area contributed by atoms with Crippen LogP contribution in [0.2, 0.25) is 0 Å². The molecule has 5 rings (SSSR count). The largest absolute Gasteiger partial charge is 0.290 e. The number of fused-ring (bicyclic) bond motifs is 2. The third kappa shape index (κ3) is 2.81. The van der Waals surface area contributed by atoms with E-state index < -0.39 is 0 Å². The van der Waals surface area contributed by atoms with Gasteiger partial charge < -0.3 is 0 Å². The lowest BCUT2D eigenvalue weighted by atomic mass is 9.87. The molecule has 2 unspecified atom stereocenters. The van der Waals surface area contributed by atoms with Crippen molar-refractivity contribution in [3.05, 3.63) is 76.1 Å². The first-order valence-corrected chi connectivity index (χ1v) is 11.5. The number of nitrogens with zero attached hydrogens (tertiary/aromatic N) is 2. The summed E-state index contributed by atoms with van der Waals surface area (Å²) < 4.78 is 1.77. The summed E-state index contributed by atoms with van der Waals surface area (Å²) in [6.45, 7) is 1.06. The lowest BCUT2D eigenvalue weighted by Gasteiger charge is -2.36. The second kappa shape index (κ2) is 6.71. The van der Waals surface area contributed by atoms with Crippen LogP contribution in [-0.4, -0.2) is 23.5 Å². The number of hydrogen-bond donors (Lipinski definition) is 0. The molecule has 0 spiro atoms. The average molecular weight is 488 g/mol. The monoisotopic (exact) mass is 488 g/mol. The van der Waals surface area contributed by atoms with Crippen LogP contribution in [-0.2, 0) is 0 Å². The average Bonchev–Trinajstić information content (AvgIpc) is 3.33. The lowest BCUT2D eigenvalue weighted by molar-refractivity contribution is 0.300. The second-order valence-corrected chi connectivity index (χ2v) is 9.89. The maximum absolute atomic E-state index is 4.49. The standard InChI is InChI=1S/C21H17IN2S2/c1-24-12-17(19-11-13-4-2-3-5-18(13)26-19)15-7-6-14(10-16(15)20(24)22)21-23-8-9-25-21/h2-11,17,20H,12H2,1H3. The summed E-state index contributed by atoms with van der Waals surface area (Å²) >= 11 is 6.20. The molecule has 1 aliphatic heterocycles. The van der Waals surface area contributed by atoms with Crippen molar-refractivity contribution in [2.24, 2.45) is 0 Å². The quantitative estimate of drug-likeness (QED) is 0.181. The first-order valence-electron chi connectivity index (χ1n) is 8.57. The molecule has 0 bridgehead atoms. The number of rotatable bonds is 2. The predicted molar refractivity (Wildman–Crippen MR) is 121 cm³/mol. The highest BCUT2D eigenvalue weighted by Gasteiger charge is 2.31. The van der Waals surface area contributed by atoms with E-state index in [1.807, 2.05) is 22.9 Å². The molecule has 2 aromatic carbocycles. The summed E-state index contributed by atoms with van der Waals surface area (Å²) in [7, 11) is 2.23. The minimum Gasteiger partial charge on any atom is -0.290 e. The maximum Gasteiger partial charge on any atom is 0.123 e. The highest BCUT2D eigenvalue weighted by atomic mass is 127. The van der Waals surface area contributed by atoms with E-state index in [0.717, 1.165) is 11.6 Å². The molecule has 1 aliphatic rings. The van der Waals surface area contributed by atoms with Gasteiger partial charge in [-0.05, 0) is 41.8 Å². The fraction of sp³-hybridized carbons (Fsp3) is 0.190. The molecule has 3 heterocycles. The molecule has 130 valence electrons. The molecule has 0 N–H and O–H groups in total. The van der Waals surface area contributed by atoms with Crippen LogP contribution < -0.4 is 0 Å². The molecule has 4 aromatic rings. The van der Waals surface area contributed by atoms with Crippen molar-refractivity contribution in [2.75, 3.05) is 13.6 Å². The van der Waals surface area contributed by atoms with Crippen LogP contribution in [0, 0.1) is 0 Å². The third-order valence-corrected chi connectivity index (χ3v) is 8.72. The van der Waals surface area contributed by atoms with Crippen molar-refractivity contribution < 1.29 is 0 Å². The Hall–Kier alpha value is -1.28. The highest BCUT2D eigenvalue weighted by molar-refractivity contribution is 14.1. The van der Waals surface area contributed by atoms with Gasteiger partial charge in [0.25, 0.3) is 0 Å². The zero-order valence-electron chi connectivity index (χ0n) is 14.2. The summed E-state index contributed by atoms with van der Waals surface area (Å²) in [4.78, 5) is 8.41. The van der Waals surface area contributed by atoms with Gasteiger partial charge in [-0.25, -0.2) is 4.98 Å². The minimum atomic E-state index is 0.396. The van der Waals surface area contributed by atoms with Crippen LogP contribution in [0.5, 0.6) is 0 Å². The zero-order chi connectivity index (χ0) is 17.7. The number of thiazole rings is 1. The molecule has 0 amide bonds. The van der Waals surface area contributed by atoms with Gasteiger partial charge in [0.15, 0.2) is 0 Å². The van der Waals surface area contributed by atoms with Crippen molar-refractivity contribution in [1.29, 1.82) is 0 Å². The van der Waals surface area contributed by atoms with Crippen molar-refractivity contribution in [3.63, 3.8) is 0 Å². The fourth-order valence-electron chi connectivity index (χ4n) is 3.73. The topological polar surface area (TPSA) is 16.1 Å². The van der Waals surface area contributed by atoms with E-state index in [2.05, 4.69) is 88.1 Å². The molecule has 0 radical (unpaired) electrons. The van der Waals surface area contributed by atoms with Gasteiger partial charge in [-0.15, -0.1) is 22.7 Å². The lowest BCUT2D eigenvalue weighted by Crippen LogP contribution is -2.32. The van der Waals surface area contributed by atoms with Crippen LogP contribution in [0.4, 0.5) is 0 Å². The van der Waals surface area contributed by atoms with Crippen molar-refractivity contribution in [3.8, 4) is 10.6 Å². The van der Waals surface area contributed by atoms with Gasteiger partial charge in [0.1, 0.15) is 5.01 Å². The van der Waals surface area contributed by atoms with Crippen molar-refractivity contribution in [1.82, 2.24) is 9.88 Å². The first-order chi connectivity index (χ1) is 12.7. The van der Waals surface area contributed by atoms with Crippen LogP contribution in [0.1, 0.15) is 26.0 Å². The van der Waals surface area contributed by atoms with Gasteiger partial charge in [-0.1, -0.05) is 52.9 Å². The Morgan fingerprint density at radius 2 is 2.00 bits per heavy atom. The Labute approximate surface area is 174 Å². The Bertz CT molecular complexity index is 1040. The Morgan fingerprint density at radius 3 is 2.81 bits per heavy atom. The maximum atomic E-state index is 4.49. The molecule has 26 heavy (non-hydrogen) atoms. The van der Waals surface area contributed by atoms with E-state index in [0.29, 0.717) is 9.97 Å². The molecule has 0 saturated heterocycles. The van der Waals surface area contributed by atoms with Gasteiger partial charge >= 0.3 is 0 Å². The van der Waals surface area contributed by atoms with Gasteiger partial charge in [0.05, 0.1) is 4.05 Å². The van der Waals surface area contributed by atoms with E-state index >= 15 is 0 Å². The SMILES string of the molecule is CN1CC(c2cc3ccccc3s2)c2ccc(-c3nccs3)cc2C1I. The molecule has 0 aliphatic carbocycles. The Kier molecular flexibility index (Phi) is 4.35. The van der Waals surface area contributed by atoms with E-state index in [9.17, 15) is 0 Å². The third-order valence-electron chi connectivity index (χ3n) is 5.04. The number of thiophene rings is 1. The van der Waals surface area contributed by atoms with E-state index in [4.69, 9.17) is 0 Å². The molecule has 5 heteroatoms. The summed E-state index contributed by atoms with van der Waals surface area (Å²) in [5.74, 6) is 0.434. The van der Waals surface area contributed by atoms with Crippen molar-refractivity contribution in [2.45, 2.75) is 9.97 Å². The number of halogens is 1. The molecule has 2 atom stereocenters. The Morgan fingerprint density at radius 1 is 1.12 bits per heavy atom. The minimum absolute atomic E-state index is 0.396. The van der Waals surface area contributed by atoms with Crippen LogP contribution in [0.3, 0.4) is 0 Å². The number of likely N-dealkylation sites (N-methyl/N-ethyl adjacent to an activating group) is 1. The zero-order valence-corrected chi connectivity index (χ0v) is 18.0. The number of hydrogen-bond acceptors (Lipinski definition) is 4. The molecule has 2 nitrogen and oxygen atoms in total. The summed E-state index contributed by atoms with van der Waals surface area (Å²) in [5, 5.41) is 4.50. The number of benzene rings is 2. The van der Waals surface area contributed by atoms with Gasteiger partial charge in [-0.3, -0.25) is 4.90 Å². The molecular weight excluding hydrogens is 471 g/mol. The molecule has 2 aromatic heterocycles. The normalized spacial score (nSPS) is 20.4. The molecular formula is C21H17IN2S2. The van der Waals surface area contributed by atoms with Crippen LogP contribution in [0.25, 0.3) is 20.7 Å². The summed E-state index contributed by atoms with van der Waals surface area (Å²) in [6.07, 6.45) is 1.88. The van der Waals surface area contributed by atoms with Gasteiger partial charge in [0.2, 0.25) is 0 Å². The Balaban J connectivity index is 1.64.